The number of allylic oxidation sites excluding steroid dienone is 3. The Hall–Kier alpha value is -0.850. The minimum absolute atomic E-state index is 0.291. The summed E-state index contributed by atoms with van der Waals surface area (Å²) in [5.41, 5.74) is 1.08. The molecule has 0 spiro atoms. The molecule has 0 unspecified atom stereocenters. The predicted octanol–water partition coefficient (Wildman–Crippen LogP) is 3.27. The molecular weight excluding hydrogens is 148 g/mol. The van der Waals surface area contributed by atoms with Crippen LogP contribution in [-0.2, 0) is 4.79 Å². The third-order valence-electron chi connectivity index (χ3n) is 1.55. The molecule has 1 nitrogen and oxygen atoms in total. The Bertz CT molecular complexity index is 177. The molecular formula is C11H18O. The molecule has 0 aliphatic rings. The average Bonchev–Trinajstić information content (AvgIpc) is 1.95. The Kier molecular flexibility index (Phi) is 6.35. The number of ketones is 1. The van der Waals surface area contributed by atoms with Gasteiger partial charge in [0.1, 0.15) is 5.78 Å². The van der Waals surface area contributed by atoms with Crippen molar-refractivity contribution in [3.05, 3.63) is 24.3 Å². The number of Topliss-reactive ketones (excluding diaryl/α,β-unsaturated/α-hetero) is 1. The minimum Gasteiger partial charge on any atom is -0.300 e. The van der Waals surface area contributed by atoms with Gasteiger partial charge in [0.05, 0.1) is 0 Å². The lowest BCUT2D eigenvalue weighted by Gasteiger charge is -1.93. The summed E-state index contributed by atoms with van der Waals surface area (Å²) in [6, 6.07) is 0. The third kappa shape index (κ3) is 9.15. The highest BCUT2D eigenvalue weighted by atomic mass is 16.1. The van der Waals surface area contributed by atoms with Crippen molar-refractivity contribution in [3.8, 4) is 0 Å². The molecule has 1 heteroatoms. The molecule has 0 amide bonds. The zero-order valence-corrected chi connectivity index (χ0v) is 8.10. The van der Waals surface area contributed by atoms with E-state index in [2.05, 4.69) is 12.7 Å². The fourth-order valence-corrected chi connectivity index (χ4v) is 0.921. The molecule has 0 aromatic rings. The normalized spacial score (nSPS) is 10.5. The van der Waals surface area contributed by atoms with Gasteiger partial charge in [-0.3, -0.25) is 0 Å². The van der Waals surface area contributed by atoms with Crippen LogP contribution >= 0.6 is 0 Å². The molecule has 0 aliphatic heterocycles. The van der Waals surface area contributed by atoms with Gasteiger partial charge in [0, 0.05) is 6.42 Å². The summed E-state index contributed by atoms with van der Waals surface area (Å²) in [6.45, 7) is 7.38. The monoisotopic (exact) mass is 166 g/mol. The first-order chi connectivity index (χ1) is 5.63. The van der Waals surface area contributed by atoms with Crippen molar-refractivity contribution in [1.29, 1.82) is 0 Å². The van der Waals surface area contributed by atoms with E-state index >= 15 is 0 Å². The summed E-state index contributed by atoms with van der Waals surface area (Å²) in [5, 5.41) is 0. The number of hydrogen-bond donors (Lipinski definition) is 0. The average molecular weight is 166 g/mol. The van der Waals surface area contributed by atoms with Crippen molar-refractivity contribution in [2.75, 3.05) is 0 Å². The Labute approximate surface area is 75.2 Å². The number of unbranched alkanes of at least 4 members (excludes halogenated alkanes) is 2. The van der Waals surface area contributed by atoms with Gasteiger partial charge in [0.2, 0.25) is 0 Å². The summed E-state index contributed by atoms with van der Waals surface area (Å²) < 4.78 is 0. The van der Waals surface area contributed by atoms with E-state index in [9.17, 15) is 4.79 Å². The number of carbonyl (C=O) groups excluding carboxylic acids is 1. The summed E-state index contributed by atoms with van der Waals surface area (Å²) in [6.07, 6.45) is 8.02. The predicted molar refractivity (Wildman–Crippen MR) is 53.1 cm³/mol. The van der Waals surface area contributed by atoms with Crippen molar-refractivity contribution < 1.29 is 4.79 Å². The molecule has 0 saturated heterocycles. The van der Waals surface area contributed by atoms with E-state index < -0.39 is 0 Å². The maximum atomic E-state index is 10.6. The Morgan fingerprint density at radius 3 is 2.50 bits per heavy atom. The second-order valence-corrected chi connectivity index (χ2v) is 3.20. The summed E-state index contributed by atoms with van der Waals surface area (Å²) in [7, 11) is 0. The Morgan fingerprint density at radius 1 is 1.33 bits per heavy atom. The standard InChI is InChI=1S/C11H18O/c1-10(2)8-6-4-5-7-9-11(3)12/h6,8H,1,4-5,7,9H2,2-3H3/b8-6-. The van der Waals surface area contributed by atoms with Crippen molar-refractivity contribution in [1.82, 2.24) is 0 Å². The molecule has 12 heavy (non-hydrogen) atoms. The van der Waals surface area contributed by atoms with Crippen LogP contribution in [0.15, 0.2) is 24.3 Å². The maximum Gasteiger partial charge on any atom is 0.129 e. The zero-order chi connectivity index (χ0) is 9.40. The molecule has 0 aliphatic carbocycles. The van der Waals surface area contributed by atoms with Gasteiger partial charge in [-0.2, -0.15) is 0 Å². The van der Waals surface area contributed by atoms with E-state index in [1.54, 1.807) is 6.92 Å². The van der Waals surface area contributed by atoms with E-state index in [-0.39, 0.29) is 0 Å². The van der Waals surface area contributed by atoms with Gasteiger partial charge in [-0.1, -0.05) is 24.3 Å². The molecule has 0 radical (unpaired) electrons. The van der Waals surface area contributed by atoms with Gasteiger partial charge < -0.3 is 4.79 Å². The quantitative estimate of drug-likeness (QED) is 0.437. The fraction of sp³-hybridized carbons (Fsp3) is 0.545. The van der Waals surface area contributed by atoms with Gasteiger partial charge in [-0.25, -0.2) is 0 Å². The van der Waals surface area contributed by atoms with Crippen LogP contribution in [0.1, 0.15) is 39.5 Å². The first-order valence-electron chi connectivity index (χ1n) is 4.44. The minimum atomic E-state index is 0.291. The molecule has 0 atom stereocenters. The maximum absolute atomic E-state index is 10.6. The number of carbonyl (C=O) groups is 1. The van der Waals surface area contributed by atoms with Crippen LogP contribution in [0.3, 0.4) is 0 Å². The van der Waals surface area contributed by atoms with Crippen LogP contribution < -0.4 is 0 Å². The zero-order valence-electron chi connectivity index (χ0n) is 8.10. The third-order valence-corrected chi connectivity index (χ3v) is 1.55. The van der Waals surface area contributed by atoms with Crippen LogP contribution in [0.5, 0.6) is 0 Å². The van der Waals surface area contributed by atoms with Gasteiger partial charge in [-0.05, 0) is 33.1 Å². The molecule has 0 aromatic carbocycles. The molecule has 0 bridgehead atoms. The highest BCUT2D eigenvalue weighted by Gasteiger charge is 1.91. The molecule has 0 rings (SSSR count). The topological polar surface area (TPSA) is 17.1 Å². The van der Waals surface area contributed by atoms with Crippen molar-refractivity contribution in [2.45, 2.75) is 39.5 Å². The Morgan fingerprint density at radius 2 is 2.00 bits per heavy atom. The lowest BCUT2D eigenvalue weighted by Crippen LogP contribution is -1.88. The molecule has 0 heterocycles. The molecule has 0 aromatic heterocycles. The van der Waals surface area contributed by atoms with Crippen molar-refractivity contribution in [2.24, 2.45) is 0 Å². The van der Waals surface area contributed by atoms with Crippen LogP contribution in [0.25, 0.3) is 0 Å². The largest absolute Gasteiger partial charge is 0.300 e. The molecule has 0 saturated carbocycles. The van der Waals surface area contributed by atoms with E-state index in [0.29, 0.717) is 5.78 Å². The van der Waals surface area contributed by atoms with Gasteiger partial charge in [0.25, 0.3) is 0 Å². The number of hydrogen-bond acceptors (Lipinski definition) is 1. The van der Waals surface area contributed by atoms with Gasteiger partial charge in [-0.15, -0.1) is 0 Å². The molecule has 68 valence electrons. The Balaban J connectivity index is 3.21. The van der Waals surface area contributed by atoms with Crippen molar-refractivity contribution >= 4 is 5.78 Å². The summed E-state index contributed by atoms with van der Waals surface area (Å²) >= 11 is 0. The number of rotatable bonds is 6. The highest BCUT2D eigenvalue weighted by Crippen LogP contribution is 2.02. The molecule has 0 N–H and O–H groups in total. The van der Waals surface area contributed by atoms with Crippen LogP contribution in [0, 0.1) is 0 Å². The van der Waals surface area contributed by atoms with Crippen molar-refractivity contribution in [3.63, 3.8) is 0 Å². The van der Waals surface area contributed by atoms with Crippen LogP contribution in [-0.4, -0.2) is 5.78 Å². The summed E-state index contributed by atoms with van der Waals surface area (Å²) in [4.78, 5) is 10.6. The second-order valence-electron chi connectivity index (χ2n) is 3.20. The highest BCUT2D eigenvalue weighted by molar-refractivity contribution is 5.75. The lowest BCUT2D eigenvalue weighted by atomic mass is 10.1. The lowest BCUT2D eigenvalue weighted by molar-refractivity contribution is -0.117. The van der Waals surface area contributed by atoms with E-state index in [0.717, 1.165) is 31.3 Å². The van der Waals surface area contributed by atoms with Gasteiger partial charge >= 0.3 is 0 Å². The SMILES string of the molecule is C=C(C)/C=C\CCCCC(C)=O. The van der Waals surface area contributed by atoms with Crippen LogP contribution in [0.2, 0.25) is 0 Å². The second kappa shape index (κ2) is 6.84. The molecule has 0 fully saturated rings. The summed E-state index contributed by atoms with van der Waals surface area (Å²) in [5.74, 6) is 0.291. The van der Waals surface area contributed by atoms with E-state index in [1.807, 2.05) is 13.0 Å². The van der Waals surface area contributed by atoms with E-state index in [1.165, 1.54) is 0 Å². The first-order valence-corrected chi connectivity index (χ1v) is 4.44. The fourth-order valence-electron chi connectivity index (χ4n) is 0.921. The first kappa shape index (κ1) is 11.2. The smallest absolute Gasteiger partial charge is 0.129 e. The van der Waals surface area contributed by atoms with Gasteiger partial charge in [0.15, 0.2) is 0 Å². The van der Waals surface area contributed by atoms with Crippen LogP contribution in [0.4, 0.5) is 0 Å². The van der Waals surface area contributed by atoms with E-state index in [4.69, 9.17) is 0 Å².